The summed E-state index contributed by atoms with van der Waals surface area (Å²) in [4.78, 5) is 29.4. The Morgan fingerprint density at radius 1 is 0.872 bits per heavy atom. The van der Waals surface area contributed by atoms with Crippen molar-refractivity contribution in [3.63, 3.8) is 0 Å². The lowest BCUT2D eigenvalue weighted by Gasteiger charge is -2.10. The molecule has 0 unspecified atom stereocenters. The maximum atomic E-state index is 13.8. The summed E-state index contributed by atoms with van der Waals surface area (Å²) in [7, 11) is 0. The standard InChI is InChI=1S/C27H15Cl2F3N4O3/c28-19-11-8-17(12-20(19)29)33-25(37)16-6-9-18(10-7-16)39-26(38)22-14-24-34-21(15-4-2-1-3-5-15)13-23(27(30,31)32)36(24)35-22/h1-14H,(H,33,37). The number of halogens is 5. The Labute approximate surface area is 228 Å². The normalized spacial score (nSPS) is 11.4. The number of alkyl halides is 3. The number of carbonyl (C=O) groups excluding carboxylic acids is 2. The van der Waals surface area contributed by atoms with E-state index in [1.165, 1.54) is 36.4 Å². The van der Waals surface area contributed by atoms with Crippen LogP contribution in [0.3, 0.4) is 0 Å². The van der Waals surface area contributed by atoms with Gasteiger partial charge in [0.2, 0.25) is 0 Å². The Morgan fingerprint density at radius 2 is 1.59 bits per heavy atom. The van der Waals surface area contributed by atoms with Gasteiger partial charge in [-0.25, -0.2) is 14.3 Å². The van der Waals surface area contributed by atoms with Crippen LogP contribution < -0.4 is 10.1 Å². The first kappa shape index (κ1) is 26.2. The Kier molecular flexibility index (Phi) is 6.98. The fourth-order valence-corrected chi connectivity index (χ4v) is 3.94. The molecule has 1 amide bonds. The van der Waals surface area contributed by atoms with E-state index in [4.69, 9.17) is 27.9 Å². The van der Waals surface area contributed by atoms with Crippen molar-refractivity contribution in [1.82, 2.24) is 14.6 Å². The van der Waals surface area contributed by atoms with E-state index in [0.29, 0.717) is 20.8 Å². The third-order valence-corrected chi connectivity index (χ3v) is 6.24. The lowest BCUT2D eigenvalue weighted by atomic mass is 10.1. The summed E-state index contributed by atoms with van der Waals surface area (Å²) in [6.45, 7) is 0. The van der Waals surface area contributed by atoms with Crippen LogP contribution in [0.5, 0.6) is 5.75 Å². The van der Waals surface area contributed by atoms with Crippen molar-refractivity contribution in [3.8, 4) is 17.0 Å². The van der Waals surface area contributed by atoms with Gasteiger partial charge in [-0.05, 0) is 48.5 Å². The van der Waals surface area contributed by atoms with E-state index in [1.54, 1.807) is 36.4 Å². The first-order valence-corrected chi connectivity index (χ1v) is 12.0. The number of nitrogens with one attached hydrogen (secondary N) is 1. The van der Waals surface area contributed by atoms with Crippen molar-refractivity contribution in [3.05, 3.63) is 112 Å². The van der Waals surface area contributed by atoms with Gasteiger partial charge in [-0.2, -0.15) is 18.3 Å². The Morgan fingerprint density at radius 3 is 2.26 bits per heavy atom. The lowest BCUT2D eigenvalue weighted by molar-refractivity contribution is -0.142. The Balaban J connectivity index is 1.36. The quantitative estimate of drug-likeness (QED) is 0.178. The first-order valence-electron chi connectivity index (χ1n) is 11.2. The molecule has 0 saturated carbocycles. The Hall–Kier alpha value is -4.41. The van der Waals surface area contributed by atoms with Gasteiger partial charge in [-0.15, -0.1) is 0 Å². The zero-order chi connectivity index (χ0) is 27.7. The molecule has 0 radical (unpaired) electrons. The second kappa shape index (κ2) is 10.4. The molecule has 0 fully saturated rings. The largest absolute Gasteiger partial charge is 0.433 e. The molecule has 0 atom stereocenters. The van der Waals surface area contributed by atoms with Crippen LogP contribution in [0.1, 0.15) is 26.5 Å². The zero-order valence-corrected chi connectivity index (χ0v) is 21.1. The molecule has 0 bridgehead atoms. The molecule has 5 rings (SSSR count). The van der Waals surface area contributed by atoms with Crippen LogP contribution >= 0.6 is 23.2 Å². The minimum atomic E-state index is -4.76. The lowest BCUT2D eigenvalue weighted by Crippen LogP contribution is -2.15. The SMILES string of the molecule is O=C(Nc1ccc(Cl)c(Cl)c1)c1ccc(OC(=O)c2cc3nc(-c4ccccc4)cc(C(F)(F)F)n3n2)cc1. The van der Waals surface area contributed by atoms with Gasteiger partial charge in [0.05, 0.1) is 15.7 Å². The number of hydrogen-bond donors (Lipinski definition) is 1. The smallest absolute Gasteiger partial charge is 0.422 e. The summed E-state index contributed by atoms with van der Waals surface area (Å²) in [6, 6.07) is 20.5. The van der Waals surface area contributed by atoms with Crippen LogP contribution in [0.2, 0.25) is 10.0 Å². The van der Waals surface area contributed by atoms with E-state index >= 15 is 0 Å². The van der Waals surface area contributed by atoms with Crippen LogP contribution in [0.15, 0.2) is 84.9 Å². The molecule has 5 aromatic rings. The highest BCUT2D eigenvalue weighted by molar-refractivity contribution is 6.42. The Bertz CT molecular complexity index is 1710. The van der Waals surface area contributed by atoms with Crippen molar-refractivity contribution in [2.24, 2.45) is 0 Å². The van der Waals surface area contributed by atoms with E-state index < -0.39 is 23.7 Å². The minimum absolute atomic E-state index is 0.0529. The molecule has 12 heteroatoms. The van der Waals surface area contributed by atoms with Crippen molar-refractivity contribution >= 4 is 46.4 Å². The number of hydrogen-bond acceptors (Lipinski definition) is 5. The predicted octanol–water partition coefficient (Wildman–Crippen LogP) is 7.19. The topological polar surface area (TPSA) is 85.6 Å². The number of esters is 1. The van der Waals surface area contributed by atoms with Gasteiger partial charge in [-0.1, -0.05) is 53.5 Å². The average Bonchev–Trinajstić information content (AvgIpc) is 3.35. The minimum Gasteiger partial charge on any atom is -0.422 e. The van der Waals surface area contributed by atoms with Crippen LogP contribution in [-0.2, 0) is 6.18 Å². The van der Waals surface area contributed by atoms with E-state index in [1.807, 2.05) is 0 Å². The molecule has 0 aliphatic rings. The van der Waals surface area contributed by atoms with Crippen LogP contribution in [0.25, 0.3) is 16.9 Å². The highest BCUT2D eigenvalue weighted by atomic mass is 35.5. The second-order valence-electron chi connectivity index (χ2n) is 8.19. The maximum Gasteiger partial charge on any atom is 0.433 e. The van der Waals surface area contributed by atoms with E-state index in [-0.39, 0.29) is 33.4 Å². The van der Waals surface area contributed by atoms with Gasteiger partial charge in [0.1, 0.15) is 5.75 Å². The van der Waals surface area contributed by atoms with Crippen LogP contribution in [0, 0.1) is 0 Å². The first-order chi connectivity index (χ1) is 18.6. The number of amides is 1. The molecule has 196 valence electrons. The maximum absolute atomic E-state index is 13.8. The second-order valence-corrected chi connectivity index (χ2v) is 9.00. The van der Waals surface area contributed by atoms with Crippen LogP contribution in [0.4, 0.5) is 18.9 Å². The fourth-order valence-electron chi connectivity index (χ4n) is 3.64. The molecule has 0 spiro atoms. The average molecular weight is 571 g/mol. The monoisotopic (exact) mass is 570 g/mol. The van der Waals surface area contributed by atoms with E-state index in [0.717, 1.165) is 12.1 Å². The molecule has 3 aromatic carbocycles. The number of carbonyl (C=O) groups is 2. The van der Waals surface area contributed by atoms with Crippen molar-refractivity contribution in [1.29, 1.82) is 0 Å². The van der Waals surface area contributed by atoms with Gasteiger partial charge in [0, 0.05) is 22.9 Å². The van der Waals surface area contributed by atoms with E-state index in [9.17, 15) is 22.8 Å². The molecule has 0 aliphatic heterocycles. The zero-order valence-electron chi connectivity index (χ0n) is 19.5. The number of fused-ring (bicyclic) bond motifs is 1. The number of anilines is 1. The summed E-state index contributed by atoms with van der Waals surface area (Å²) in [5.41, 5.74) is -0.420. The molecular weight excluding hydrogens is 556 g/mol. The highest BCUT2D eigenvalue weighted by Gasteiger charge is 2.35. The molecular formula is C27H15Cl2F3N4O3. The third kappa shape index (κ3) is 5.71. The highest BCUT2D eigenvalue weighted by Crippen LogP contribution is 2.32. The van der Waals surface area contributed by atoms with Gasteiger partial charge in [0.25, 0.3) is 5.91 Å². The molecule has 2 heterocycles. The van der Waals surface area contributed by atoms with E-state index in [2.05, 4.69) is 15.4 Å². The summed E-state index contributed by atoms with van der Waals surface area (Å²) in [5, 5.41) is 7.07. The van der Waals surface area contributed by atoms with Gasteiger partial charge in [0.15, 0.2) is 17.0 Å². The summed E-state index contributed by atoms with van der Waals surface area (Å²) >= 11 is 11.8. The summed E-state index contributed by atoms with van der Waals surface area (Å²) in [5.74, 6) is -1.40. The fraction of sp³-hybridized carbons (Fsp3) is 0.0370. The van der Waals surface area contributed by atoms with Gasteiger partial charge < -0.3 is 10.1 Å². The number of nitrogens with zero attached hydrogens (tertiary/aromatic N) is 3. The summed E-state index contributed by atoms with van der Waals surface area (Å²) < 4.78 is 47.2. The third-order valence-electron chi connectivity index (χ3n) is 5.50. The molecule has 1 N–H and O–H groups in total. The molecule has 0 aliphatic carbocycles. The van der Waals surface area contributed by atoms with Gasteiger partial charge >= 0.3 is 12.1 Å². The molecule has 0 saturated heterocycles. The van der Waals surface area contributed by atoms with Crippen molar-refractivity contribution in [2.45, 2.75) is 6.18 Å². The molecule has 2 aromatic heterocycles. The number of ether oxygens (including phenoxy) is 1. The predicted molar refractivity (Wildman–Crippen MR) is 139 cm³/mol. The number of benzene rings is 3. The van der Waals surface area contributed by atoms with Gasteiger partial charge in [-0.3, -0.25) is 4.79 Å². The van der Waals surface area contributed by atoms with Crippen molar-refractivity contribution < 1.29 is 27.5 Å². The molecule has 39 heavy (non-hydrogen) atoms. The van der Waals surface area contributed by atoms with Crippen molar-refractivity contribution in [2.75, 3.05) is 5.32 Å². The number of aromatic nitrogens is 3. The van der Waals surface area contributed by atoms with Crippen LogP contribution in [-0.4, -0.2) is 26.5 Å². The number of rotatable bonds is 5. The summed E-state index contributed by atoms with van der Waals surface area (Å²) in [6.07, 6.45) is -4.76. The molecule has 7 nitrogen and oxygen atoms in total.